The number of benzene rings is 6. The second-order valence-electron chi connectivity index (χ2n) is 14.1. The third-order valence-corrected chi connectivity index (χ3v) is 63.0. The summed E-state index contributed by atoms with van der Waals surface area (Å²) in [5.74, 6) is -1.74. The van der Waals surface area contributed by atoms with Crippen LogP contribution in [-0.2, 0) is 15.6 Å². The molecule has 0 amide bonds. The third-order valence-electron chi connectivity index (χ3n) is 11.2. The second kappa shape index (κ2) is 12.0. The Bertz CT molecular complexity index is 2280. The average Bonchev–Trinajstić information content (AvgIpc) is 3.69. The van der Waals surface area contributed by atoms with Crippen LogP contribution in [-0.4, -0.2) is 5.92 Å². The first kappa shape index (κ1) is 32.0. The van der Waals surface area contributed by atoms with E-state index < -0.39 is 21.5 Å². The Labute approximate surface area is 293 Å². The molecule has 2 aliphatic rings. The minimum atomic E-state index is -5.03. The molecule has 0 aromatic heterocycles. The number of rotatable bonds is 6. The zero-order valence-corrected chi connectivity index (χ0v) is 33.0. The number of hydrogen-bond acceptors (Lipinski definition) is 0. The summed E-state index contributed by atoms with van der Waals surface area (Å²) in [4.78, 5) is 0. The normalized spacial score (nSPS) is 17.9. The average molecular weight is 758 g/mol. The zero-order valence-electron chi connectivity index (χ0n) is 27.8. The summed E-state index contributed by atoms with van der Waals surface area (Å²) in [6, 6.07) is 48.4. The molecule has 0 radical (unpaired) electrons. The molecular formula is C44H39Cl2SiZr. The van der Waals surface area contributed by atoms with Crippen molar-refractivity contribution in [2.45, 2.75) is 34.2 Å². The SMILES string of the molecule is CC1=Cc2c(-c3ccccc3)ccc(C)c2[CH]1[Zr]([Cl])([Cl])([CH]1C(c2cccc3ccccc23)=Cc2c(-c3ccccc3)cccc21)[SiH](C)C. The minimum absolute atomic E-state index is 0.0230. The van der Waals surface area contributed by atoms with E-state index in [2.05, 4.69) is 173 Å². The van der Waals surface area contributed by atoms with Crippen molar-refractivity contribution in [1.29, 1.82) is 0 Å². The van der Waals surface area contributed by atoms with E-state index in [1.165, 1.54) is 77.6 Å². The molecule has 6 aromatic rings. The van der Waals surface area contributed by atoms with Gasteiger partial charge in [0.25, 0.3) is 0 Å². The monoisotopic (exact) mass is 755 g/mol. The van der Waals surface area contributed by atoms with E-state index >= 15 is 0 Å². The summed E-state index contributed by atoms with van der Waals surface area (Å²) >= 11 is -5.03. The fourth-order valence-electron chi connectivity index (χ4n) is 8.81. The molecule has 0 saturated carbocycles. The first-order valence-electron chi connectivity index (χ1n) is 17.0. The van der Waals surface area contributed by atoms with Crippen LogP contribution in [0.5, 0.6) is 0 Å². The van der Waals surface area contributed by atoms with E-state index in [1.54, 1.807) is 0 Å². The van der Waals surface area contributed by atoms with Crippen LogP contribution >= 0.6 is 17.0 Å². The van der Waals surface area contributed by atoms with E-state index in [-0.39, 0.29) is 7.25 Å². The molecule has 0 fully saturated rings. The second-order valence-corrected chi connectivity index (χ2v) is 56.6. The van der Waals surface area contributed by atoms with Crippen LogP contribution in [0, 0.1) is 6.92 Å². The number of fused-ring (bicyclic) bond motifs is 3. The van der Waals surface area contributed by atoms with Crippen LogP contribution in [0.4, 0.5) is 0 Å². The number of halogens is 2. The summed E-state index contributed by atoms with van der Waals surface area (Å²) < 4.78 is -0.0280. The molecule has 2 unspecified atom stereocenters. The molecule has 0 aliphatic heterocycles. The molecule has 0 heterocycles. The molecule has 0 N–H and O–H groups in total. The quantitative estimate of drug-likeness (QED) is 0.148. The summed E-state index contributed by atoms with van der Waals surface area (Å²) in [5.41, 5.74) is 15.3. The van der Waals surface area contributed by atoms with Gasteiger partial charge in [0.15, 0.2) is 0 Å². The van der Waals surface area contributed by atoms with Gasteiger partial charge in [0.05, 0.1) is 0 Å². The van der Waals surface area contributed by atoms with Gasteiger partial charge in [-0.1, -0.05) is 0 Å². The molecular weight excluding hydrogens is 719 g/mol. The maximum atomic E-state index is 8.81. The van der Waals surface area contributed by atoms with E-state index in [1.807, 2.05) is 0 Å². The molecule has 0 bridgehead atoms. The molecule has 237 valence electrons. The van der Waals surface area contributed by atoms with Crippen molar-refractivity contribution in [2.75, 3.05) is 0 Å². The fourth-order valence-corrected chi connectivity index (χ4v) is 40.3. The Balaban J connectivity index is 1.43. The Morgan fingerprint density at radius 1 is 0.542 bits per heavy atom. The Morgan fingerprint density at radius 2 is 1.12 bits per heavy atom. The van der Waals surface area contributed by atoms with Crippen molar-refractivity contribution >= 4 is 51.4 Å². The van der Waals surface area contributed by atoms with Crippen molar-refractivity contribution in [3.63, 3.8) is 0 Å². The Hall–Kier alpha value is -3.26. The Morgan fingerprint density at radius 3 is 1.81 bits per heavy atom. The standard InChI is InChI=1S/C25H17.C17H15.C2H7Si.2ClH.Zr/c1-2-8-18(9-3-1)23-14-7-12-20-16-21(17-25(20)23)24-15-6-11-19-10-4-5-13-22(19)24;1-12-10-16-13(2)8-9-15(17(16)11-12)14-6-4-3-5-7-14;1-3-2;;;/h1-17H;3-11H,1-2H3;3H,1-2H3;2*1H;/q;;;;;+2/p-2. The first-order valence-corrected chi connectivity index (χ1v) is 33.3. The van der Waals surface area contributed by atoms with Crippen molar-refractivity contribution in [1.82, 2.24) is 0 Å². The van der Waals surface area contributed by atoms with Crippen molar-refractivity contribution in [3.8, 4) is 22.3 Å². The molecule has 0 saturated heterocycles. The Kier molecular flexibility index (Phi) is 7.97. The predicted molar refractivity (Wildman–Crippen MR) is 210 cm³/mol. The molecule has 48 heavy (non-hydrogen) atoms. The predicted octanol–water partition coefficient (Wildman–Crippen LogP) is 13.2. The van der Waals surface area contributed by atoms with Crippen molar-refractivity contribution < 1.29 is 15.6 Å². The van der Waals surface area contributed by atoms with Crippen LogP contribution < -0.4 is 0 Å². The van der Waals surface area contributed by atoms with Gasteiger partial charge in [-0.15, -0.1) is 0 Å². The summed E-state index contributed by atoms with van der Waals surface area (Å²) in [6.45, 7) is 9.43. The van der Waals surface area contributed by atoms with Crippen LogP contribution in [0.1, 0.15) is 47.6 Å². The van der Waals surface area contributed by atoms with Gasteiger partial charge in [0, 0.05) is 0 Å². The van der Waals surface area contributed by atoms with Crippen molar-refractivity contribution in [3.05, 3.63) is 172 Å². The van der Waals surface area contributed by atoms with Gasteiger partial charge < -0.3 is 0 Å². The van der Waals surface area contributed by atoms with Gasteiger partial charge in [-0.2, -0.15) is 0 Å². The van der Waals surface area contributed by atoms with Gasteiger partial charge in [0.1, 0.15) is 0 Å². The van der Waals surface area contributed by atoms with Gasteiger partial charge in [0.2, 0.25) is 0 Å². The number of hydrogen-bond donors (Lipinski definition) is 0. The maximum absolute atomic E-state index is 8.81. The molecule has 4 heteroatoms. The molecule has 0 spiro atoms. The van der Waals surface area contributed by atoms with Crippen LogP contribution in [0.25, 0.3) is 50.8 Å². The summed E-state index contributed by atoms with van der Waals surface area (Å²) in [5, 5.41) is 2.49. The van der Waals surface area contributed by atoms with Gasteiger partial charge in [-0.05, 0) is 0 Å². The van der Waals surface area contributed by atoms with Crippen molar-refractivity contribution in [2.24, 2.45) is 0 Å². The molecule has 0 nitrogen and oxygen atoms in total. The van der Waals surface area contributed by atoms with Gasteiger partial charge >= 0.3 is 296 Å². The molecule has 2 aliphatic carbocycles. The van der Waals surface area contributed by atoms with E-state index in [4.69, 9.17) is 17.0 Å². The first-order chi connectivity index (χ1) is 23.2. The van der Waals surface area contributed by atoms with Crippen LogP contribution in [0.2, 0.25) is 13.1 Å². The fraction of sp³-hybridized carbons (Fsp3) is 0.136. The third kappa shape index (κ3) is 4.79. The zero-order chi connectivity index (χ0) is 33.2. The summed E-state index contributed by atoms with van der Waals surface area (Å²) in [6.07, 6.45) is 4.88. The van der Waals surface area contributed by atoms with E-state index in [0.717, 1.165) is 0 Å². The van der Waals surface area contributed by atoms with Crippen LogP contribution in [0.3, 0.4) is 0 Å². The van der Waals surface area contributed by atoms with Gasteiger partial charge in [-0.3, -0.25) is 0 Å². The van der Waals surface area contributed by atoms with E-state index in [9.17, 15) is 0 Å². The number of aryl methyl sites for hydroxylation is 1. The molecule has 2 atom stereocenters. The topological polar surface area (TPSA) is 0 Å². The molecule has 8 rings (SSSR count). The van der Waals surface area contributed by atoms with Crippen LogP contribution in [0.15, 0.2) is 139 Å². The van der Waals surface area contributed by atoms with E-state index in [0.29, 0.717) is 0 Å². The van der Waals surface area contributed by atoms with Gasteiger partial charge in [-0.25, -0.2) is 0 Å². The molecule has 6 aromatic carbocycles. The summed E-state index contributed by atoms with van der Waals surface area (Å²) in [7, 11) is 17.6. The number of allylic oxidation sites excluding steroid dienone is 2.